The van der Waals surface area contributed by atoms with E-state index in [1.54, 1.807) is 4.57 Å². The molecule has 0 N–H and O–H groups in total. The van der Waals surface area contributed by atoms with Crippen LogP contribution in [0.5, 0.6) is 0 Å². The van der Waals surface area contributed by atoms with E-state index in [1.807, 2.05) is 13.8 Å². The molecule has 1 heterocycles. The van der Waals surface area contributed by atoms with Gasteiger partial charge >= 0.3 is 5.97 Å². The van der Waals surface area contributed by atoms with Crippen molar-refractivity contribution in [1.82, 2.24) is 4.57 Å². The molecule has 0 atom stereocenters. The summed E-state index contributed by atoms with van der Waals surface area (Å²) in [7, 11) is 1.49. The second-order valence-corrected chi connectivity index (χ2v) is 8.23. The number of nitrogens with zero attached hydrogens (tertiary/aromatic N) is 1. The highest BCUT2D eigenvalue weighted by atomic mass is 35.7. The Morgan fingerprint density at radius 3 is 2.48 bits per heavy atom. The van der Waals surface area contributed by atoms with Crippen LogP contribution in [0.2, 0.25) is 0 Å². The normalized spacial score (nSPS) is 17.1. The van der Waals surface area contributed by atoms with Crippen LogP contribution in [0.1, 0.15) is 62.5 Å². The van der Waals surface area contributed by atoms with Crippen LogP contribution in [-0.4, -0.2) is 25.1 Å². The van der Waals surface area contributed by atoms with Crippen LogP contribution in [0.4, 0.5) is 0 Å². The molecule has 1 aliphatic carbocycles. The van der Waals surface area contributed by atoms with Crippen molar-refractivity contribution >= 4 is 25.7 Å². The van der Waals surface area contributed by atoms with Crippen LogP contribution in [0.25, 0.3) is 0 Å². The molecule has 1 aromatic heterocycles. The largest absolute Gasteiger partial charge is 0.458 e. The Bertz CT molecular complexity index is 615. The van der Waals surface area contributed by atoms with Gasteiger partial charge in [0.2, 0.25) is 0 Å². The first-order valence-electron chi connectivity index (χ1n) is 7.16. The average Bonchev–Trinajstić information content (AvgIpc) is 2.85. The van der Waals surface area contributed by atoms with Gasteiger partial charge < -0.3 is 9.30 Å². The van der Waals surface area contributed by atoms with Gasteiger partial charge in [-0.25, -0.2) is 13.2 Å². The maximum Gasteiger partial charge on any atom is 0.355 e. The number of carbonyl (C=O) groups excluding carboxylic acids is 1. The summed E-state index contributed by atoms with van der Waals surface area (Å²) >= 11 is 0. The summed E-state index contributed by atoms with van der Waals surface area (Å²) in [6, 6.07) is 1.22. The Morgan fingerprint density at radius 1 is 1.33 bits per heavy atom. The molecule has 0 unspecified atom stereocenters. The zero-order chi connectivity index (χ0) is 15.6. The van der Waals surface area contributed by atoms with Crippen LogP contribution >= 0.6 is 10.7 Å². The fourth-order valence-corrected chi connectivity index (χ4v) is 3.32. The smallest absolute Gasteiger partial charge is 0.355 e. The highest BCUT2D eigenvalue weighted by Crippen LogP contribution is 2.25. The first-order chi connectivity index (χ1) is 9.79. The topological polar surface area (TPSA) is 65.4 Å². The zero-order valence-electron chi connectivity index (χ0n) is 12.2. The van der Waals surface area contributed by atoms with Crippen LogP contribution in [-0.2, 0) is 13.8 Å². The third-order valence-corrected chi connectivity index (χ3v) is 5.02. The van der Waals surface area contributed by atoms with Crippen LogP contribution in [0.3, 0.4) is 0 Å². The van der Waals surface area contributed by atoms with E-state index in [-0.39, 0.29) is 22.7 Å². The maximum atomic E-state index is 12.3. The van der Waals surface area contributed by atoms with Gasteiger partial charge in [-0.15, -0.1) is 0 Å². The molecule has 5 nitrogen and oxygen atoms in total. The van der Waals surface area contributed by atoms with E-state index in [2.05, 4.69) is 0 Å². The number of hydrogen-bond donors (Lipinski definition) is 0. The number of rotatable bonds is 4. The van der Waals surface area contributed by atoms with E-state index in [0.29, 0.717) is 0 Å². The summed E-state index contributed by atoms with van der Waals surface area (Å²) in [4.78, 5) is 12.2. The summed E-state index contributed by atoms with van der Waals surface area (Å²) < 4.78 is 29.9. The van der Waals surface area contributed by atoms with Gasteiger partial charge in [-0.3, -0.25) is 0 Å². The van der Waals surface area contributed by atoms with Gasteiger partial charge in [0, 0.05) is 22.9 Å². The highest BCUT2D eigenvalue weighted by Gasteiger charge is 2.25. The van der Waals surface area contributed by atoms with Gasteiger partial charge in [0.1, 0.15) is 16.7 Å². The van der Waals surface area contributed by atoms with E-state index < -0.39 is 15.0 Å². The van der Waals surface area contributed by atoms with Gasteiger partial charge in [-0.1, -0.05) is 6.42 Å². The number of aromatic nitrogens is 1. The molecule has 1 aliphatic rings. The van der Waals surface area contributed by atoms with Gasteiger partial charge in [0.25, 0.3) is 9.05 Å². The molecule has 0 aliphatic heterocycles. The van der Waals surface area contributed by atoms with Crippen molar-refractivity contribution in [1.29, 1.82) is 0 Å². The molecule has 0 saturated heterocycles. The maximum absolute atomic E-state index is 12.3. The fraction of sp³-hybridized carbons (Fsp3) is 0.643. The molecular weight excluding hydrogens is 314 g/mol. The van der Waals surface area contributed by atoms with Crippen molar-refractivity contribution in [3.05, 3.63) is 18.0 Å². The highest BCUT2D eigenvalue weighted by molar-refractivity contribution is 8.13. The molecular formula is C14H20ClNO4S. The predicted octanol–water partition coefficient (Wildman–Crippen LogP) is 3.49. The lowest BCUT2D eigenvalue weighted by molar-refractivity contribution is 0.0197. The second kappa shape index (κ2) is 6.40. The number of carbonyl (C=O) groups is 1. The summed E-state index contributed by atoms with van der Waals surface area (Å²) in [6.45, 7) is 3.73. The summed E-state index contributed by atoms with van der Waals surface area (Å²) in [5.41, 5.74) is 0.231. The second-order valence-electron chi connectivity index (χ2n) is 5.67. The molecule has 0 radical (unpaired) electrons. The number of hydrogen-bond acceptors (Lipinski definition) is 4. The Hall–Kier alpha value is -1.01. The van der Waals surface area contributed by atoms with Crippen molar-refractivity contribution in [2.24, 2.45) is 0 Å². The van der Waals surface area contributed by atoms with Crippen LogP contribution in [0, 0.1) is 0 Å². The Labute approximate surface area is 129 Å². The van der Waals surface area contributed by atoms with E-state index in [1.165, 1.54) is 18.7 Å². The van der Waals surface area contributed by atoms with Gasteiger partial charge in [-0.05, 0) is 45.6 Å². The minimum Gasteiger partial charge on any atom is -0.458 e. The lowest BCUT2D eigenvalue weighted by Crippen LogP contribution is -2.22. The molecule has 118 valence electrons. The molecule has 0 spiro atoms. The lowest BCUT2D eigenvalue weighted by Gasteiger charge is -2.22. The summed E-state index contributed by atoms with van der Waals surface area (Å²) in [5.74, 6) is -0.484. The summed E-state index contributed by atoms with van der Waals surface area (Å²) in [5, 5.41) is 0. The molecule has 0 amide bonds. The molecule has 21 heavy (non-hydrogen) atoms. The number of esters is 1. The lowest BCUT2D eigenvalue weighted by atomic mass is 9.98. The van der Waals surface area contributed by atoms with Gasteiger partial charge in [0.15, 0.2) is 0 Å². The van der Waals surface area contributed by atoms with E-state index in [0.717, 1.165) is 25.7 Å². The molecule has 0 bridgehead atoms. The fourth-order valence-electron chi connectivity index (χ4n) is 2.57. The SMILES string of the molecule is CC(C)n1cc(S(=O)(=O)Cl)cc1C(=O)OC1CCCCC1. The monoisotopic (exact) mass is 333 g/mol. The minimum absolute atomic E-state index is 0.0638. The Kier molecular flexibility index (Phi) is 4.99. The zero-order valence-corrected chi connectivity index (χ0v) is 13.8. The minimum atomic E-state index is -3.86. The first-order valence-corrected chi connectivity index (χ1v) is 9.47. The summed E-state index contributed by atoms with van der Waals surface area (Å²) in [6.07, 6.45) is 6.34. The molecule has 2 rings (SSSR count). The molecule has 0 aromatic carbocycles. The molecule has 7 heteroatoms. The van der Waals surface area contributed by atoms with Crippen LogP contribution in [0.15, 0.2) is 17.2 Å². The first kappa shape index (κ1) is 16.4. The molecule has 1 aromatic rings. The Morgan fingerprint density at radius 2 is 1.95 bits per heavy atom. The third-order valence-electron chi connectivity index (χ3n) is 3.70. The van der Waals surface area contributed by atoms with Gasteiger partial charge in [-0.2, -0.15) is 0 Å². The predicted molar refractivity (Wildman–Crippen MR) is 80.1 cm³/mol. The average molecular weight is 334 g/mol. The van der Waals surface area contributed by atoms with Crippen molar-refractivity contribution < 1.29 is 17.9 Å². The Balaban J connectivity index is 2.24. The number of ether oxygens (including phenoxy) is 1. The standard InChI is InChI=1S/C14H20ClNO4S/c1-10(2)16-9-12(21(15,18)19)8-13(16)14(17)20-11-6-4-3-5-7-11/h8-11H,3-7H2,1-2H3. The van der Waals surface area contributed by atoms with E-state index in [4.69, 9.17) is 15.4 Å². The van der Waals surface area contributed by atoms with E-state index in [9.17, 15) is 13.2 Å². The molecule has 1 fully saturated rings. The third kappa shape index (κ3) is 4.01. The van der Waals surface area contributed by atoms with Crippen molar-refractivity contribution in [2.75, 3.05) is 0 Å². The van der Waals surface area contributed by atoms with E-state index >= 15 is 0 Å². The van der Waals surface area contributed by atoms with Crippen molar-refractivity contribution in [3.8, 4) is 0 Å². The van der Waals surface area contributed by atoms with Gasteiger partial charge in [0.05, 0.1) is 0 Å². The quantitative estimate of drug-likeness (QED) is 0.625. The van der Waals surface area contributed by atoms with Crippen molar-refractivity contribution in [3.63, 3.8) is 0 Å². The van der Waals surface area contributed by atoms with Crippen LogP contribution < -0.4 is 0 Å². The number of halogens is 1. The molecule has 1 saturated carbocycles. The van der Waals surface area contributed by atoms with Crippen molar-refractivity contribution in [2.45, 2.75) is 63.0 Å².